The van der Waals surface area contributed by atoms with Gasteiger partial charge >= 0.3 is 0 Å². The van der Waals surface area contributed by atoms with Crippen LogP contribution >= 0.6 is 0 Å². The number of hydrogen-bond acceptors (Lipinski definition) is 1. The van der Waals surface area contributed by atoms with Crippen molar-refractivity contribution in [3.8, 4) is 0 Å². The average molecular weight is 226 g/mol. The normalized spacial score (nSPS) is 10.9. The number of aromatic nitrogens is 2. The number of benzene rings is 2. The summed E-state index contributed by atoms with van der Waals surface area (Å²) in [5.74, 6) is 0.615. The summed E-state index contributed by atoms with van der Waals surface area (Å²) >= 11 is 0. The molecule has 2 aromatic carbocycles. The van der Waals surface area contributed by atoms with Crippen LogP contribution in [0.4, 0.5) is 4.39 Å². The molecule has 1 aromatic heterocycles. The van der Waals surface area contributed by atoms with Gasteiger partial charge in [-0.2, -0.15) is 0 Å². The number of aromatic amines is 1. The zero-order chi connectivity index (χ0) is 11.7. The van der Waals surface area contributed by atoms with Gasteiger partial charge in [-0.05, 0) is 23.8 Å². The highest BCUT2D eigenvalue weighted by Gasteiger charge is 2.04. The molecule has 0 unspecified atom stereocenters. The Balaban J connectivity index is 1.96. The Bertz CT molecular complexity index is 644. The molecule has 0 atom stereocenters. The summed E-state index contributed by atoms with van der Waals surface area (Å²) in [6.07, 6.45) is 0.733. The molecule has 3 aromatic rings. The number of halogens is 1. The van der Waals surface area contributed by atoms with Gasteiger partial charge in [-0.3, -0.25) is 0 Å². The largest absolute Gasteiger partial charge is 0.342 e. The van der Waals surface area contributed by atoms with Crippen LogP contribution in [0, 0.1) is 5.82 Å². The summed E-state index contributed by atoms with van der Waals surface area (Å²) < 4.78 is 13.0. The Kier molecular flexibility index (Phi) is 2.37. The van der Waals surface area contributed by atoms with E-state index in [1.54, 1.807) is 6.07 Å². The van der Waals surface area contributed by atoms with Gasteiger partial charge in [0.25, 0.3) is 0 Å². The lowest BCUT2D eigenvalue weighted by Crippen LogP contribution is -1.89. The third kappa shape index (κ3) is 2.04. The fraction of sp³-hybridized carbons (Fsp3) is 0.0714. The van der Waals surface area contributed by atoms with Gasteiger partial charge in [0.15, 0.2) is 0 Å². The molecule has 2 nitrogen and oxygen atoms in total. The minimum atomic E-state index is -0.243. The molecule has 0 aliphatic heterocycles. The Morgan fingerprint density at radius 1 is 1.06 bits per heavy atom. The highest BCUT2D eigenvalue weighted by molar-refractivity contribution is 5.75. The van der Waals surface area contributed by atoms with E-state index in [-0.39, 0.29) is 5.82 Å². The van der Waals surface area contributed by atoms with Gasteiger partial charge in [-0.1, -0.05) is 30.3 Å². The quantitative estimate of drug-likeness (QED) is 0.713. The van der Waals surface area contributed by atoms with Gasteiger partial charge in [-0.15, -0.1) is 0 Å². The van der Waals surface area contributed by atoms with Gasteiger partial charge in [-0.25, -0.2) is 9.37 Å². The molecule has 0 radical (unpaired) electrons. The summed E-state index contributed by atoms with van der Waals surface area (Å²) in [6.45, 7) is 0. The van der Waals surface area contributed by atoms with Crippen molar-refractivity contribution < 1.29 is 4.39 Å². The van der Waals surface area contributed by atoms with E-state index < -0.39 is 0 Å². The molecule has 1 N–H and O–H groups in total. The fourth-order valence-corrected chi connectivity index (χ4v) is 1.91. The summed E-state index contributed by atoms with van der Waals surface area (Å²) in [6, 6.07) is 14.7. The van der Waals surface area contributed by atoms with Crippen LogP contribution in [0.5, 0.6) is 0 Å². The van der Waals surface area contributed by atoms with Crippen LogP contribution in [0.15, 0.2) is 48.5 Å². The maximum absolute atomic E-state index is 13.0. The standard InChI is InChI=1S/C14H11FN2/c15-11-6-7-12-13(9-11)17-14(16-12)8-10-4-2-1-3-5-10/h1-7,9H,8H2,(H,16,17). The van der Waals surface area contributed by atoms with Gasteiger partial charge < -0.3 is 4.98 Å². The van der Waals surface area contributed by atoms with Crippen molar-refractivity contribution in [1.82, 2.24) is 9.97 Å². The summed E-state index contributed by atoms with van der Waals surface area (Å²) in [4.78, 5) is 7.56. The minimum absolute atomic E-state index is 0.243. The first-order valence-electron chi connectivity index (χ1n) is 5.49. The molecule has 3 heteroatoms. The smallest absolute Gasteiger partial charge is 0.125 e. The Labute approximate surface area is 98.1 Å². The van der Waals surface area contributed by atoms with E-state index in [0.29, 0.717) is 0 Å². The lowest BCUT2D eigenvalue weighted by atomic mass is 10.1. The molecule has 0 spiro atoms. The van der Waals surface area contributed by atoms with Crippen molar-refractivity contribution in [1.29, 1.82) is 0 Å². The van der Waals surface area contributed by atoms with Crippen LogP contribution in [0.3, 0.4) is 0 Å². The summed E-state index contributed by atoms with van der Waals surface area (Å²) in [5, 5.41) is 0. The molecule has 3 rings (SSSR count). The fourth-order valence-electron chi connectivity index (χ4n) is 1.91. The molecule has 17 heavy (non-hydrogen) atoms. The highest BCUT2D eigenvalue weighted by atomic mass is 19.1. The van der Waals surface area contributed by atoms with E-state index in [1.165, 1.54) is 17.7 Å². The number of nitrogens with zero attached hydrogens (tertiary/aromatic N) is 1. The molecule has 0 fully saturated rings. The molecule has 0 amide bonds. The number of H-pyrrole nitrogens is 1. The zero-order valence-corrected chi connectivity index (χ0v) is 9.15. The molecule has 0 bridgehead atoms. The first-order valence-corrected chi connectivity index (χ1v) is 5.49. The van der Waals surface area contributed by atoms with Crippen LogP contribution in [-0.2, 0) is 6.42 Å². The molecular weight excluding hydrogens is 215 g/mol. The first kappa shape index (κ1) is 10.0. The minimum Gasteiger partial charge on any atom is -0.342 e. The van der Waals surface area contributed by atoms with E-state index in [4.69, 9.17) is 0 Å². The van der Waals surface area contributed by atoms with Crippen molar-refractivity contribution in [2.24, 2.45) is 0 Å². The first-order chi connectivity index (χ1) is 8.31. The Morgan fingerprint density at radius 3 is 2.71 bits per heavy atom. The average Bonchev–Trinajstić information content (AvgIpc) is 2.71. The molecule has 84 valence electrons. The second-order valence-electron chi connectivity index (χ2n) is 4.01. The number of fused-ring (bicyclic) bond motifs is 1. The Hall–Kier alpha value is -2.16. The molecule has 0 aliphatic rings. The van der Waals surface area contributed by atoms with E-state index in [0.717, 1.165) is 23.3 Å². The topological polar surface area (TPSA) is 28.7 Å². The second kappa shape index (κ2) is 4.01. The monoisotopic (exact) mass is 226 g/mol. The van der Waals surface area contributed by atoms with Crippen LogP contribution in [-0.4, -0.2) is 9.97 Å². The lowest BCUT2D eigenvalue weighted by Gasteiger charge is -1.96. The number of rotatable bonds is 2. The molecule has 0 saturated carbocycles. The van der Waals surface area contributed by atoms with Gasteiger partial charge in [0, 0.05) is 6.42 Å². The SMILES string of the molecule is Fc1ccc2nc(Cc3ccccc3)[nH]c2c1. The van der Waals surface area contributed by atoms with Crippen molar-refractivity contribution in [2.75, 3.05) is 0 Å². The lowest BCUT2D eigenvalue weighted by molar-refractivity contribution is 0.629. The zero-order valence-electron chi connectivity index (χ0n) is 9.15. The van der Waals surface area contributed by atoms with Crippen LogP contribution < -0.4 is 0 Å². The van der Waals surface area contributed by atoms with Crippen molar-refractivity contribution in [2.45, 2.75) is 6.42 Å². The molecular formula is C14H11FN2. The van der Waals surface area contributed by atoms with E-state index in [9.17, 15) is 4.39 Å². The number of hydrogen-bond donors (Lipinski definition) is 1. The predicted molar refractivity (Wildman–Crippen MR) is 65.3 cm³/mol. The van der Waals surface area contributed by atoms with E-state index in [1.807, 2.05) is 30.3 Å². The number of nitrogens with one attached hydrogen (secondary N) is 1. The van der Waals surface area contributed by atoms with Crippen LogP contribution in [0.2, 0.25) is 0 Å². The third-order valence-electron chi connectivity index (χ3n) is 2.71. The highest BCUT2D eigenvalue weighted by Crippen LogP contribution is 2.15. The van der Waals surface area contributed by atoms with E-state index in [2.05, 4.69) is 9.97 Å². The van der Waals surface area contributed by atoms with Crippen molar-refractivity contribution in [3.63, 3.8) is 0 Å². The molecule has 0 aliphatic carbocycles. The third-order valence-corrected chi connectivity index (χ3v) is 2.71. The van der Waals surface area contributed by atoms with Crippen molar-refractivity contribution >= 4 is 11.0 Å². The molecule has 1 heterocycles. The number of imidazole rings is 1. The van der Waals surface area contributed by atoms with Crippen molar-refractivity contribution in [3.05, 3.63) is 65.7 Å². The van der Waals surface area contributed by atoms with Gasteiger partial charge in [0.2, 0.25) is 0 Å². The second-order valence-corrected chi connectivity index (χ2v) is 4.01. The maximum Gasteiger partial charge on any atom is 0.125 e. The van der Waals surface area contributed by atoms with Crippen LogP contribution in [0.1, 0.15) is 11.4 Å². The van der Waals surface area contributed by atoms with Gasteiger partial charge in [0.05, 0.1) is 11.0 Å². The van der Waals surface area contributed by atoms with Gasteiger partial charge in [0.1, 0.15) is 11.6 Å². The maximum atomic E-state index is 13.0. The summed E-state index contributed by atoms with van der Waals surface area (Å²) in [7, 11) is 0. The van der Waals surface area contributed by atoms with E-state index >= 15 is 0 Å². The molecule has 0 saturated heterocycles. The summed E-state index contributed by atoms with van der Waals surface area (Å²) in [5.41, 5.74) is 2.74. The Morgan fingerprint density at radius 2 is 1.88 bits per heavy atom. The van der Waals surface area contributed by atoms with Crippen LogP contribution in [0.25, 0.3) is 11.0 Å². The predicted octanol–water partition coefficient (Wildman–Crippen LogP) is 3.29.